The minimum atomic E-state index is -0.522. The van der Waals surface area contributed by atoms with Gasteiger partial charge in [-0.3, -0.25) is 9.59 Å². The van der Waals surface area contributed by atoms with E-state index in [9.17, 15) is 14.0 Å². The van der Waals surface area contributed by atoms with Gasteiger partial charge in [0.05, 0.1) is 12.6 Å². The fourth-order valence-corrected chi connectivity index (χ4v) is 1.87. The van der Waals surface area contributed by atoms with Gasteiger partial charge in [-0.1, -0.05) is 0 Å². The number of fused-ring (bicyclic) bond motifs is 1. The summed E-state index contributed by atoms with van der Waals surface area (Å²) in [5.74, 6) is -1.02. The molecular weight excluding hydrogens is 237 g/mol. The molecule has 0 unspecified atom stereocenters. The minimum Gasteiger partial charge on any atom is -0.468 e. The number of carbonyl (C=O) groups is 1. The van der Waals surface area contributed by atoms with Crippen LogP contribution in [0.15, 0.2) is 29.2 Å². The Morgan fingerprint density at radius 2 is 2.17 bits per heavy atom. The predicted molar refractivity (Wildman–Crippen MR) is 64.9 cm³/mol. The number of carbonyl (C=O) groups excluding carboxylic acids is 1. The third-order valence-electron chi connectivity index (χ3n) is 2.69. The number of rotatable bonds is 2. The number of hydrogen-bond donors (Lipinski definition) is 0. The molecule has 1 aromatic carbocycles. The van der Waals surface area contributed by atoms with Crippen molar-refractivity contribution in [1.29, 1.82) is 0 Å². The molecule has 0 aliphatic carbocycles. The van der Waals surface area contributed by atoms with Gasteiger partial charge in [-0.15, -0.1) is 0 Å². The van der Waals surface area contributed by atoms with Crippen molar-refractivity contribution in [2.75, 3.05) is 7.11 Å². The van der Waals surface area contributed by atoms with Crippen LogP contribution in [0.2, 0.25) is 0 Å². The monoisotopic (exact) mass is 249 g/mol. The van der Waals surface area contributed by atoms with Gasteiger partial charge in [0.15, 0.2) is 5.43 Å². The molecule has 0 saturated carbocycles. The summed E-state index contributed by atoms with van der Waals surface area (Å²) in [6.07, 6.45) is 1.39. The molecule has 0 N–H and O–H groups in total. The number of halogens is 1. The highest BCUT2D eigenvalue weighted by Gasteiger charge is 2.11. The van der Waals surface area contributed by atoms with E-state index in [-0.39, 0.29) is 22.9 Å². The summed E-state index contributed by atoms with van der Waals surface area (Å²) in [7, 11) is 1.26. The first-order chi connectivity index (χ1) is 8.52. The minimum absolute atomic E-state index is 0.124. The Labute approximate surface area is 103 Å². The molecule has 5 heteroatoms. The Morgan fingerprint density at radius 3 is 2.83 bits per heavy atom. The topological polar surface area (TPSA) is 48.3 Å². The number of aryl methyl sites for hydroxylation is 1. The third-order valence-corrected chi connectivity index (χ3v) is 2.69. The molecule has 0 aliphatic heterocycles. The number of esters is 1. The van der Waals surface area contributed by atoms with Crippen LogP contribution >= 0.6 is 0 Å². The fourth-order valence-electron chi connectivity index (χ4n) is 1.87. The lowest BCUT2D eigenvalue weighted by molar-refractivity contribution is -0.141. The lowest BCUT2D eigenvalue weighted by atomic mass is 10.1. The first kappa shape index (κ1) is 12.3. The van der Waals surface area contributed by atoms with Gasteiger partial charge in [0, 0.05) is 17.6 Å². The lowest BCUT2D eigenvalue weighted by Crippen LogP contribution is -2.16. The zero-order valence-electron chi connectivity index (χ0n) is 10.1. The Morgan fingerprint density at radius 1 is 1.44 bits per heavy atom. The van der Waals surface area contributed by atoms with Crippen LogP contribution < -0.4 is 5.43 Å². The first-order valence-electron chi connectivity index (χ1n) is 5.39. The molecule has 0 bridgehead atoms. The molecule has 0 radical (unpaired) electrons. The molecule has 0 atom stereocenters. The average molecular weight is 249 g/mol. The SMILES string of the molecule is COC(=O)Cn1ccc(=O)c2cc(C)cc(F)c21. The van der Waals surface area contributed by atoms with Gasteiger partial charge >= 0.3 is 5.97 Å². The van der Waals surface area contributed by atoms with Crippen LogP contribution in [0.25, 0.3) is 10.9 Å². The van der Waals surface area contributed by atoms with Gasteiger partial charge in [0.2, 0.25) is 0 Å². The van der Waals surface area contributed by atoms with Gasteiger partial charge in [0.25, 0.3) is 0 Å². The summed E-state index contributed by atoms with van der Waals surface area (Å²) < 4.78 is 19.8. The van der Waals surface area contributed by atoms with Gasteiger partial charge < -0.3 is 9.30 Å². The van der Waals surface area contributed by atoms with Crippen molar-refractivity contribution in [3.63, 3.8) is 0 Å². The van der Waals surface area contributed by atoms with Crippen LogP contribution in [-0.2, 0) is 16.1 Å². The van der Waals surface area contributed by atoms with Crippen LogP contribution in [0.1, 0.15) is 5.56 Å². The normalized spacial score (nSPS) is 10.6. The smallest absolute Gasteiger partial charge is 0.325 e. The van der Waals surface area contributed by atoms with Crippen molar-refractivity contribution >= 4 is 16.9 Å². The molecule has 0 amide bonds. The highest BCUT2D eigenvalue weighted by atomic mass is 19.1. The van der Waals surface area contributed by atoms with Crippen LogP contribution in [0, 0.1) is 12.7 Å². The van der Waals surface area contributed by atoms with Crippen molar-refractivity contribution in [3.8, 4) is 0 Å². The maximum atomic E-state index is 13.9. The number of benzene rings is 1. The van der Waals surface area contributed by atoms with Gasteiger partial charge in [-0.2, -0.15) is 0 Å². The predicted octanol–water partition coefficient (Wildman–Crippen LogP) is 1.62. The molecule has 94 valence electrons. The second-order valence-electron chi connectivity index (χ2n) is 4.03. The summed E-state index contributed by atoms with van der Waals surface area (Å²) >= 11 is 0. The molecule has 0 saturated heterocycles. The number of pyridine rings is 1. The van der Waals surface area contributed by atoms with Crippen LogP contribution in [0.3, 0.4) is 0 Å². The van der Waals surface area contributed by atoms with E-state index in [2.05, 4.69) is 4.74 Å². The summed E-state index contributed by atoms with van der Waals surface area (Å²) in [4.78, 5) is 22.9. The number of ether oxygens (including phenoxy) is 1. The van der Waals surface area contributed by atoms with Gasteiger partial charge in [-0.05, 0) is 24.6 Å². The summed E-state index contributed by atoms with van der Waals surface area (Å²) in [5, 5.41) is 0.263. The van der Waals surface area contributed by atoms with E-state index in [0.29, 0.717) is 5.56 Å². The Bertz CT molecular complexity index is 676. The van der Waals surface area contributed by atoms with Crippen molar-refractivity contribution in [3.05, 3.63) is 46.0 Å². The van der Waals surface area contributed by atoms with Gasteiger partial charge in [-0.25, -0.2) is 4.39 Å². The number of aromatic nitrogens is 1. The van der Waals surface area contributed by atoms with Crippen molar-refractivity contribution < 1.29 is 13.9 Å². The summed E-state index contributed by atoms with van der Waals surface area (Å²) in [6.45, 7) is 1.58. The first-order valence-corrected chi connectivity index (χ1v) is 5.39. The van der Waals surface area contributed by atoms with Crippen LogP contribution in [0.5, 0.6) is 0 Å². The van der Waals surface area contributed by atoms with Crippen LogP contribution in [0.4, 0.5) is 4.39 Å². The molecule has 18 heavy (non-hydrogen) atoms. The maximum absolute atomic E-state index is 13.9. The van der Waals surface area contributed by atoms with E-state index in [4.69, 9.17) is 0 Å². The molecule has 0 fully saturated rings. The van der Waals surface area contributed by atoms with E-state index < -0.39 is 11.8 Å². The molecule has 0 spiro atoms. The second-order valence-corrected chi connectivity index (χ2v) is 4.03. The standard InChI is InChI=1S/C13H12FNO3/c1-8-5-9-11(16)3-4-15(7-12(17)18-2)13(9)10(14)6-8/h3-6H,7H2,1-2H3. The number of methoxy groups -OCH3 is 1. The fraction of sp³-hybridized carbons (Fsp3) is 0.231. The second kappa shape index (κ2) is 4.60. The summed E-state index contributed by atoms with van der Waals surface area (Å²) in [6, 6.07) is 4.24. The van der Waals surface area contributed by atoms with Crippen molar-refractivity contribution in [2.45, 2.75) is 13.5 Å². The van der Waals surface area contributed by atoms with E-state index in [1.807, 2.05) is 0 Å². The Hall–Kier alpha value is -2.17. The van der Waals surface area contributed by atoms with E-state index in [1.54, 1.807) is 13.0 Å². The largest absolute Gasteiger partial charge is 0.468 e. The molecule has 2 rings (SSSR count). The van der Waals surface area contributed by atoms with Crippen LogP contribution in [-0.4, -0.2) is 17.6 Å². The number of hydrogen-bond acceptors (Lipinski definition) is 3. The highest BCUT2D eigenvalue weighted by Crippen LogP contribution is 2.17. The highest BCUT2D eigenvalue weighted by molar-refractivity contribution is 5.82. The molecule has 4 nitrogen and oxygen atoms in total. The zero-order chi connectivity index (χ0) is 13.3. The molecule has 1 aromatic heterocycles. The van der Waals surface area contributed by atoms with E-state index in [1.165, 1.54) is 30.0 Å². The summed E-state index contributed by atoms with van der Waals surface area (Å²) in [5.41, 5.74) is 0.514. The Kier molecular flexibility index (Phi) is 3.14. The van der Waals surface area contributed by atoms with E-state index >= 15 is 0 Å². The number of nitrogens with zero attached hydrogens (tertiary/aromatic N) is 1. The Balaban J connectivity index is 2.73. The quantitative estimate of drug-likeness (QED) is 0.760. The van der Waals surface area contributed by atoms with Gasteiger partial charge in [0.1, 0.15) is 12.4 Å². The van der Waals surface area contributed by atoms with Crippen molar-refractivity contribution in [2.24, 2.45) is 0 Å². The molecule has 2 aromatic rings. The molecule has 0 aliphatic rings. The average Bonchev–Trinajstić information content (AvgIpc) is 2.32. The third kappa shape index (κ3) is 2.11. The maximum Gasteiger partial charge on any atom is 0.325 e. The van der Waals surface area contributed by atoms with E-state index in [0.717, 1.165) is 0 Å². The zero-order valence-corrected chi connectivity index (χ0v) is 10.1. The molecule has 1 heterocycles. The lowest BCUT2D eigenvalue weighted by Gasteiger charge is -2.10. The molecular formula is C13H12FNO3. The van der Waals surface area contributed by atoms with Crippen molar-refractivity contribution in [1.82, 2.24) is 4.57 Å².